The summed E-state index contributed by atoms with van der Waals surface area (Å²) in [5.74, 6) is 0. The second-order valence-corrected chi connectivity index (χ2v) is 2.20. The zero-order valence-electron chi connectivity index (χ0n) is 5.55. The van der Waals surface area contributed by atoms with E-state index in [4.69, 9.17) is 0 Å². The van der Waals surface area contributed by atoms with Gasteiger partial charge in [-0.1, -0.05) is 0 Å². The van der Waals surface area contributed by atoms with Gasteiger partial charge in [-0.25, -0.2) is 10.1 Å². The lowest BCUT2D eigenvalue weighted by molar-refractivity contribution is 0.240. The fourth-order valence-corrected chi connectivity index (χ4v) is 0.592. The minimum atomic E-state index is -0.153. The maximum absolute atomic E-state index is 10.6. The van der Waals surface area contributed by atoms with Gasteiger partial charge in [0.2, 0.25) is 0 Å². The van der Waals surface area contributed by atoms with Crippen molar-refractivity contribution in [3.63, 3.8) is 0 Å². The van der Waals surface area contributed by atoms with E-state index in [1.807, 2.05) is 6.92 Å². The van der Waals surface area contributed by atoms with E-state index in [0.29, 0.717) is 12.6 Å². The van der Waals surface area contributed by atoms with Crippen molar-refractivity contribution >= 4 is 6.03 Å². The monoisotopic (exact) mass is 127 g/mol. The molecule has 0 unspecified atom stereocenters. The predicted molar refractivity (Wildman–Crippen MR) is 34.2 cm³/mol. The van der Waals surface area contributed by atoms with Crippen LogP contribution in [-0.4, -0.2) is 18.6 Å². The first-order valence-corrected chi connectivity index (χ1v) is 3.31. The van der Waals surface area contributed by atoms with Crippen molar-refractivity contribution in [2.75, 3.05) is 6.54 Å². The highest BCUT2D eigenvalue weighted by molar-refractivity contribution is 5.74. The molecule has 0 spiro atoms. The molecule has 1 saturated carbocycles. The molecule has 1 radical (unpaired) electrons. The molecule has 51 valence electrons. The van der Waals surface area contributed by atoms with E-state index in [-0.39, 0.29) is 6.03 Å². The molecule has 0 bridgehead atoms. The van der Waals surface area contributed by atoms with E-state index in [1.54, 1.807) is 0 Å². The van der Waals surface area contributed by atoms with E-state index in [2.05, 4.69) is 10.6 Å². The zero-order chi connectivity index (χ0) is 6.69. The number of rotatable bonds is 2. The average Bonchev–Trinajstić information content (AvgIpc) is 2.50. The van der Waals surface area contributed by atoms with Crippen molar-refractivity contribution in [3.8, 4) is 0 Å². The Hall–Kier alpha value is -0.730. The number of carbonyl (C=O) groups excluding carboxylic acids is 1. The van der Waals surface area contributed by atoms with Crippen molar-refractivity contribution in [2.24, 2.45) is 0 Å². The molecular formula is C6H11N2O. The van der Waals surface area contributed by atoms with Gasteiger partial charge in [-0.2, -0.15) is 0 Å². The normalized spacial score (nSPS) is 17.0. The number of hydrogen-bond donors (Lipinski definition) is 1. The quantitative estimate of drug-likeness (QED) is 0.576. The first-order chi connectivity index (χ1) is 4.33. The first kappa shape index (κ1) is 6.39. The van der Waals surface area contributed by atoms with Crippen LogP contribution in [0.3, 0.4) is 0 Å². The molecule has 1 fully saturated rings. The van der Waals surface area contributed by atoms with Crippen molar-refractivity contribution in [2.45, 2.75) is 25.8 Å². The number of amides is 2. The van der Waals surface area contributed by atoms with E-state index in [9.17, 15) is 4.79 Å². The van der Waals surface area contributed by atoms with Gasteiger partial charge in [0, 0.05) is 12.6 Å². The molecule has 0 aromatic carbocycles. The summed E-state index contributed by atoms with van der Waals surface area (Å²) in [4.78, 5) is 10.6. The summed E-state index contributed by atoms with van der Waals surface area (Å²) in [6.45, 7) is 2.44. The van der Waals surface area contributed by atoms with Crippen LogP contribution in [0.25, 0.3) is 0 Å². The Bertz CT molecular complexity index is 110. The van der Waals surface area contributed by atoms with E-state index < -0.39 is 0 Å². The van der Waals surface area contributed by atoms with Crippen LogP contribution in [-0.2, 0) is 0 Å². The fraction of sp³-hybridized carbons (Fsp3) is 0.833. The summed E-state index contributed by atoms with van der Waals surface area (Å²) in [5.41, 5.74) is 0. The SMILES string of the molecule is CC[N]C(=O)NC1CC1. The predicted octanol–water partition coefficient (Wildman–Crippen LogP) is 0.483. The van der Waals surface area contributed by atoms with E-state index >= 15 is 0 Å². The van der Waals surface area contributed by atoms with Crippen molar-refractivity contribution < 1.29 is 4.79 Å². The highest BCUT2D eigenvalue weighted by Gasteiger charge is 2.22. The van der Waals surface area contributed by atoms with Crippen molar-refractivity contribution in [3.05, 3.63) is 0 Å². The molecule has 3 heteroatoms. The lowest BCUT2D eigenvalue weighted by Gasteiger charge is -1.98. The highest BCUT2D eigenvalue weighted by atomic mass is 16.2. The molecule has 0 aromatic rings. The van der Waals surface area contributed by atoms with E-state index in [0.717, 1.165) is 12.8 Å². The Morgan fingerprint density at radius 2 is 2.44 bits per heavy atom. The summed E-state index contributed by atoms with van der Waals surface area (Å²) in [7, 11) is 0. The third-order valence-electron chi connectivity index (χ3n) is 1.21. The molecule has 0 saturated heterocycles. The summed E-state index contributed by atoms with van der Waals surface area (Å²) in [6.07, 6.45) is 2.26. The number of hydrogen-bond acceptors (Lipinski definition) is 1. The molecule has 0 aromatic heterocycles. The van der Waals surface area contributed by atoms with Crippen molar-refractivity contribution in [1.82, 2.24) is 10.6 Å². The maximum atomic E-state index is 10.6. The standard InChI is InChI=1S/C6H11N2O/c1-2-7-6(9)8-5-3-4-5/h5H,2-4H2,1H3,(H,8,9). The van der Waals surface area contributed by atoms with Gasteiger partial charge in [0.1, 0.15) is 0 Å². The molecular weight excluding hydrogens is 116 g/mol. The molecule has 0 heterocycles. The van der Waals surface area contributed by atoms with Gasteiger partial charge in [-0.05, 0) is 19.8 Å². The van der Waals surface area contributed by atoms with Crippen LogP contribution < -0.4 is 10.6 Å². The molecule has 0 aliphatic heterocycles. The number of nitrogens with one attached hydrogen (secondary N) is 1. The third-order valence-corrected chi connectivity index (χ3v) is 1.21. The van der Waals surface area contributed by atoms with Crippen LogP contribution in [0.1, 0.15) is 19.8 Å². The smallest absolute Gasteiger partial charge is 0.334 e. The minimum Gasteiger partial charge on any atom is -0.334 e. The highest BCUT2D eigenvalue weighted by Crippen LogP contribution is 2.18. The van der Waals surface area contributed by atoms with Crippen LogP contribution in [0.15, 0.2) is 0 Å². The van der Waals surface area contributed by atoms with Gasteiger partial charge >= 0.3 is 6.03 Å². The Labute approximate surface area is 54.8 Å². The van der Waals surface area contributed by atoms with Crippen LogP contribution >= 0.6 is 0 Å². The van der Waals surface area contributed by atoms with Gasteiger partial charge in [0.05, 0.1) is 0 Å². The minimum absolute atomic E-state index is 0.153. The molecule has 3 nitrogen and oxygen atoms in total. The molecule has 1 N–H and O–H groups in total. The molecule has 1 rings (SSSR count). The Balaban J connectivity index is 2.02. The second-order valence-electron chi connectivity index (χ2n) is 2.20. The Morgan fingerprint density at radius 1 is 1.78 bits per heavy atom. The molecule has 2 amide bonds. The summed E-state index contributed by atoms with van der Waals surface area (Å²) in [5, 5.41) is 6.40. The zero-order valence-corrected chi connectivity index (χ0v) is 5.55. The van der Waals surface area contributed by atoms with Crippen LogP contribution in [0.5, 0.6) is 0 Å². The number of urea groups is 1. The van der Waals surface area contributed by atoms with Gasteiger partial charge in [0.25, 0.3) is 0 Å². The van der Waals surface area contributed by atoms with Gasteiger partial charge < -0.3 is 5.32 Å². The summed E-state index contributed by atoms with van der Waals surface area (Å²) in [6, 6.07) is 0.285. The summed E-state index contributed by atoms with van der Waals surface area (Å²) < 4.78 is 0. The average molecular weight is 127 g/mol. The van der Waals surface area contributed by atoms with Crippen LogP contribution in [0.4, 0.5) is 4.79 Å². The first-order valence-electron chi connectivity index (χ1n) is 3.31. The van der Waals surface area contributed by atoms with Gasteiger partial charge in [-0.15, -0.1) is 0 Å². The maximum Gasteiger partial charge on any atom is 0.336 e. The van der Waals surface area contributed by atoms with Crippen LogP contribution in [0, 0.1) is 0 Å². The van der Waals surface area contributed by atoms with Gasteiger partial charge in [-0.3, -0.25) is 0 Å². The molecule has 0 atom stereocenters. The molecule has 9 heavy (non-hydrogen) atoms. The number of nitrogens with zero attached hydrogens (tertiary/aromatic N) is 1. The summed E-state index contributed by atoms with van der Waals surface area (Å²) >= 11 is 0. The largest absolute Gasteiger partial charge is 0.336 e. The fourth-order valence-electron chi connectivity index (χ4n) is 0.592. The van der Waals surface area contributed by atoms with Crippen LogP contribution in [0.2, 0.25) is 0 Å². The number of carbonyl (C=O) groups is 1. The molecule has 1 aliphatic carbocycles. The Morgan fingerprint density at radius 3 is 2.89 bits per heavy atom. The topological polar surface area (TPSA) is 43.2 Å². The van der Waals surface area contributed by atoms with E-state index in [1.165, 1.54) is 0 Å². The second kappa shape index (κ2) is 2.71. The third kappa shape index (κ3) is 2.35. The molecule has 1 aliphatic rings. The Kier molecular flexibility index (Phi) is 1.92. The van der Waals surface area contributed by atoms with Crippen molar-refractivity contribution in [1.29, 1.82) is 0 Å². The lowest BCUT2D eigenvalue weighted by Crippen LogP contribution is -2.31. The van der Waals surface area contributed by atoms with Gasteiger partial charge in [0.15, 0.2) is 0 Å². The lowest BCUT2D eigenvalue weighted by atomic mass is 10.6.